The van der Waals surface area contributed by atoms with Gasteiger partial charge >= 0.3 is 5.97 Å². The summed E-state index contributed by atoms with van der Waals surface area (Å²) in [6.07, 6.45) is 8.74. The number of ether oxygens (including phenoxy) is 1. The molecular weight excluding hydrogens is 396 g/mol. The molecule has 0 aromatic rings. The van der Waals surface area contributed by atoms with Crippen molar-refractivity contribution >= 4 is 14.3 Å². The van der Waals surface area contributed by atoms with Crippen LogP contribution in [0.15, 0.2) is 36.0 Å². The number of hydrogen-bond acceptors (Lipinski definition) is 5. The molecule has 0 radical (unpaired) electrons. The molecule has 2 N–H and O–H groups in total. The van der Waals surface area contributed by atoms with Crippen molar-refractivity contribution in [3.63, 3.8) is 0 Å². The van der Waals surface area contributed by atoms with E-state index in [9.17, 15) is 15.0 Å². The number of hydrogen-bond donors (Lipinski definition) is 2. The molecule has 0 aliphatic heterocycles. The predicted molar refractivity (Wildman–Crippen MR) is 127 cm³/mol. The first-order valence-corrected chi connectivity index (χ1v) is 13.6. The van der Waals surface area contributed by atoms with E-state index in [1.165, 1.54) is 32.3 Å². The van der Waals surface area contributed by atoms with Crippen LogP contribution in [0.5, 0.6) is 0 Å². The molecule has 0 fully saturated rings. The van der Waals surface area contributed by atoms with Crippen LogP contribution in [-0.2, 0) is 14.0 Å². The summed E-state index contributed by atoms with van der Waals surface area (Å²) in [5.74, 6) is -0.124. The molecule has 0 aliphatic carbocycles. The average Bonchev–Trinajstić information content (AvgIpc) is 2.62. The van der Waals surface area contributed by atoms with Gasteiger partial charge in [0.1, 0.15) is 0 Å². The van der Waals surface area contributed by atoms with Gasteiger partial charge in [-0.15, -0.1) is 0 Å². The van der Waals surface area contributed by atoms with Crippen molar-refractivity contribution in [1.29, 1.82) is 0 Å². The highest BCUT2D eigenvalue weighted by Gasteiger charge is 2.39. The average molecular weight is 441 g/mol. The maximum atomic E-state index is 11.1. The number of methoxy groups -OCH3 is 1. The molecule has 0 aromatic heterocycles. The van der Waals surface area contributed by atoms with Crippen LogP contribution in [0.3, 0.4) is 0 Å². The van der Waals surface area contributed by atoms with Crippen LogP contribution >= 0.6 is 0 Å². The zero-order chi connectivity index (χ0) is 23.8. The lowest BCUT2D eigenvalue weighted by Crippen LogP contribution is -2.44. The molecule has 0 heterocycles. The Morgan fingerprint density at radius 1 is 1.13 bits per heavy atom. The number of aliphatic hydroxyl groups excluding tert-OH is 1. The van der Waals surface area contributed by atoms with Crippen LogP contribution in [0.2, 0.25) is 18.1 Å². The molecule has 30 heavy (non-hydrogen) atoms. The summed E-state index contributed by atoms with van der Waals surface area (Å²) in [6.45, 7) is 19.1. The minimum absolute atomic E-state index is 0.195. The summed E-state index contributed by atoms with van der Waals surface area (Å²) >= 11 is 0. The van der Waals surface area contributed by atoms with Crippen LogP contribution in [0, 0.1) is 5.92 Å². The van der Waals surface area contributed by atoms with Crippen LogP contribution < -0.4 is 0 Å². The molecular formula is C24H44O5Si. The predicted octanol–water partition coefficient (Wildman–Crippen LogP) is 5.16. The van der Waals surface area contributed by atoms with Crippen LogP contribution in [0.4, 0.5) is 0 Å². The fourth-order valence-corrected chi connectivity index (χ4v) is 4.00. The monoisotopic (exact) mass is 440 g/mol. The Morgan fingerprint density at radius 2 is 1.70 bits per heavy atom. The zero-order valence-electron chi connectivity index (χ0n) is 20.7. The highest BCUT2D eigenvalue weighted by molar-refractivity contribution is 6.74. The van der Waals surface area contributed by atoms with Crippen molar-refractivity contribution in [1.82, 2.24) is 0 Å². The van der Waals surface area contributed by atoms with Crippen molar-refractivity contribution in [2.45, 2.75) is 97.2 Å². The Labute approximate surface area is 185 Å². The maximum absolute atomic E-state index is 11.1. The Morgan fingerprint density at radius 3 is 2.20 bits per heavy atom. The lowest BCUT2D eigenvalue weighted by atomic mass is 9.98. The molecule has 0 saturated heterocycles. The van der Waals surface area contributed by atoms with Crippen molar-refractivity contribution in [3.05, 3.63) is 36.0 Å². The van der Waals surface area contributed by atoms with E-state index in [0.29, 0.717) is 5.92 Å². The number of rotatable bonds is 11. The van der Waals surface area contributed by atoms with Gasteiger partial charge in [-0.2, -0.15) is 0 Å². The summed E-state index contributed by atoms with van der Waals surface area (Å²) in [5.41, 5.74) is -0.523. The molecule has 0 aliphatic rings. The lowest BCUT2D eigenvalue weighted by molar-refractivity contribution is -0.134. The second kappa shape index (κ2) is 12.0. The largest absolute Gasteiger partial charge is 0.466 e. The van der Waals surface area contributed by atoms with Crippen molar-refractivity contribution < 1.29 is 24.2 Å². The van der Waals surface area contributed by atoms with Crippen molar-refractivity contribution in [2.24, 2.45) is 5.92 Å². The topological polar surface area (TPSA) is 76.0 Å². The number of carbonyl (C=O) groups excluding carboxylic acids is 1. The van der Waals surface area contributed by atoms with E-state index in [4.69, 9.17) is 4.43 Å². The second-order valence-corrected chi connectivity index (χ2v) is 14.7. The fraction of sp³-hybridized carbons (Fsp3) is 0.708. The van der Waals surface area contributed by atoms with E-state index >= 15 is 0 Å². The van der Waals surface area contributed by atoms with Gasteiger partial charge in [-0.3, -0.25) is 0 Å². The molecule has 174 valence electrons. The molecule has 0 saturated carbocycles. The Balaban J connectivity index is 4.73. The van der Waals surface area contributed by atoms with E-state index in [1.807, 2.05) is 13.0 Å². The number of aliphatic hydroxyl groups is 2. The summed E-state index contributed by atoms with van der Waals surface area (Å²) in [6, 6.07) is 0. The fourth-order valence-electron chi connectivity index (χ4n) is 2.49. The van der Waals surface area contributed by atoms with Gasteiger partial charge in [0.05, 0.1) is 18.8 Å². The summed E-state index contributed by atoms with van der Waals surface area (Å²) in [4.78, 5) is 11.1. The van der Waals surface area contributed by atoms with Crippen LogP contribution in [0.25, 0.3) is 0 Å². The first-order chi connectivity index (χ1) is 13.5. The third kappa shape index (κ3) is 10.7. The second-order valence-electron chi connectivity index (χ2n) is 9.97. The highest BCUT2D eigenvalue weighted by Crippen LogP contribution is 2.38. The van der Waals surface area contributed by atoms with Crippen molar-refractivity contribution in [3.8, 4) is 0 Å². The minimum Gasteiger partial charge on any atom is -0.466 e. The standard InChI is InChI=1S/C24H44O5Si/c1-18(20(3)29-30(9,10)23(4,5)6)12-11-13-19(2)21(25)14-16-24(7,27)17-15-22(26)28-8/h13-18,20-21,25,27H,11-12H2,1-10H3/b16-14+,17-15+,19-13+/t18-,20+,21?,24+/m0/s1. The van der Waals surface area contributed by atoms with Gasteiger partial charge in [0, 0.05) is 12.2 Å². The Bertz CT molecular complexity index is 626. The molecule has 0 amide bonds. The van der Waals surface area contributed by atoms with Crippen LogP contribution in [0.1, 0.15) is 61.3 Å². The normalized spacial score (nSPS) is 19.0. The van der Waals surface area contributed by atoms with Gasteiger partial charge in [0.25, 0.3) is 0 Å². The third-order valence-corrected chi connectivity index (χ3v) is 10.6. The first kappa shape index (κ1) is 28.8. The maximum Gasteiger partial charge on any atom is 0.330 e. The Kier molecular flexibility index (Phi) is 11.5. The highest BCUT2D eigenvalue weighted by atomic mass is 28.4. The lowest BCUT2D eigenvalue weighted by Gasteiger charge is -2.40. The molecule has 0 bridgehead atoms. The smallest absolute Gasteiger partial charge is 0.330 e. The molecule has 0 aromatic carbocycles. The minimum atomic E-state index is -1.78. The Hall–Kier alpha value is -1.21. The van der Waals surface area contributed by atoms with E-state index in [1.54, 1.807) is 0 Å². The molecule has 6 heteroatoms. The summed E-state index contributed by atoms with van der Waals surface area (Å²) in [5, 5.41) is 20.7. The van der Waals surface area contributed by atoms with Crippen molar-refractivity contribution in [2.75, 3.05) is 7.11 Å². The molecule has 4 atom stereocenters. The molecule has 0 rings (SSSR count). The van der Waals surface area contributed by atoms with Gasteiger partial charge in [-0.25, -0.2) is 4.79 Å². The third-order valence-electron chi connectivity index (χ3n) is 6.02. The van der Waals surface area contributed by atoms with E-state index in [0.717, 1.165) is 24.5 Å². The van der Waals surface area contributed by atoms with E-state index in [-0.39, 0.29) is 11.1 Å². The molecule has 5 nitrogen and oxygen atoms in total. The van der Waals surface area contributed by atoms with Gasteiger partial charge < -0.3 is 19.4 Å². The molecule has 0 spiro atoms. The summed E-state index contributed by atoms with van der Waals surface area (Å²) in [7, 11) is -0.504. The van der Waals surface area contributed by atoms with Gasteiger partial charge in [0.15, 0.2) is 8.32 Å². The van der Waals surface area contributed by atoms with Crippen LogP contribution in [-0.4, -0.2) is 49.4 Å². The van der Waals surface area contributed by atoms with E-state index < -0.39 is 26.0 Å². The first-order valence-electron chi connectivity index (χ1n) is 10.7. The quantitative estimate of drug-likeness (QED) is 0.201. The SMILES string of the molecule is COC(=O)/C=C/[C@](C)(O)/C=C/C(O)/C(C)=C/CC[C@H](C)[C@@H](C)O[Si](C)(C)C(C)(C)C. The summed E-state index contributed by atoms with van der Waals surface area (Å²) < 4.78 is 11.0. The number of esters is 1. The zero-order valence-corrected chi connectivity index (χ0v) is 21.7. The van der Waals surface area contributed by atoms with Gasteiger partial charge in [-0.05, 0) is 69.3 Å². The number of allylic oxidation sites excluding steroid dienone is 1. The van der Waals surface area contributed by atoms with Gasteiger partial charge in [-0.1, -0.05) is 45.9 Å². The van der Waals surface area contributed by atoms with E-state index in [2.05, 4.69) is 52.4 Å². The molecule has 1 unspecified atom stereocenters. The van der Waals surface area contributed by atoms with Gasteiger partial charge in [0.2, 0.25) is 0 Å². The number of carbonyl (C=O) groups is 1.